The van der Waals surface area contributed by atoms with Crippen LogP contribution in [-0.2, 0) is 4.79 Å². The number of carbonyl (C=O) groups excluding carboxylic acids is 1. The molecule has 2 heterocycles. The fourth-order valence-electron chi connectivity index (χ4n) is 4.87. The normalized spacial score (nSPS) is 18.5. The molecule has 2 fully saturated rings. The maximum absolute atomic E-state index is 12.2. The molecule has 222 valence electrons. The fraction of sp³-hybridized carbons (Fsp3) is 0.355. The van der Waals surface area contributed by atoms with Crippen molar-refractivity contribution in [2.24, 2.45) is 33.3 Å². The lowest BCUT2D eigenvalue weighted by molar-refractivity contribution is -0.118. The Labute approximate surface area is 247 Å². The Balaban J connectivity index is 1.52. The molecule has 3 aliphatic rings. The largest absolute Gasteiger partial charge is 0.494 e. The topological polar surface area (TPSA) is 166 Å². The van der Waals surface area contributed by atoms with Gasteiger partial charge in [-0.3, -0.25) is 20.1 Å². The average Bonchev–Trinajstić information content (AvgIpc) is 3.83. The van der Waals surface area contributed by atoms with Gasteiger partial charge in [-0.05, 0) is 42.3 Å². The lowest BCUT2D eigenvalue weighted by Crippen LogP contribution is -2.50. The van der Waals surface area contributed by atoms with Gasteiger partial charge in [0.15, 0.2) is 0 Å². The first kappa shape index (κ1) is 30.3. The summed E-state index contributed by atoms with van der Waals surface area (Å²) in [5.41, 5.74) is 17.4. The van der Waals surface area contributed by atoms with Crippen molar-refractivity contribution < 1.29 is 9.53 Å². The van der Waals surface area contributed by atoms with Gasteiger partial charge in [-0.15, -0.1) is 0 Å². The van der Waals surface area contributed by atoms with E-state index in [9.17, 15) is 4.79 Å². The summed E-state index contributed by atoms with van der Waals surface area (Å²) in [6.45, 7) is 7.26. The molecule has 2 aliphatic heterocycles. The third kappa shape index (κ3) is 7.35. The molecule has 0 radical (unpaired) electrons. The molecule has 1 aliphatic carbocycles. The molecule has 1 saturated heterocycles. The molecule has 4 rings (SSSR count). The molecule has 0 unspecified atom stereocenters. The van der Waals surface area contributed by atoms with E-state index >= 15 is 0 Å². The molecular weight excluding hydrogens is 530 g/mol. The number of rotatable bonds is 13. The van der Waals surface area contributed by atoms with Crippen molar-refractivity contribution in [2.45, 2.75) is 12.8 Å². The van der Waals surface area contributed by atoms with Crippen LogP contribution in [-0.4, -0.2) is 76.0 Å². The van der Waals surface area contributed by atoms with Gasteiger partial charge in [0, 0.05) is 75.7 Å². The van der Waals surface area contributed by atoms with Crippen LogP contribution in [0, 0.1) is 17.2 Å². The van der Waals surface area contributed by atoms with Crippen LogP contribution in [0.3, 0.4) is 0 Å². The standard InChI is InChI=1S/C31H41N9O2/c1-19(36-3)29(34)27(12-28(33)39-31(41)21-8-9-21)38-26-7-5-6-24(30(26)42-4)22-10-11-25(37-15-22)23-17-40(18-23)16-20(13-32)14-35-2/h5-7,10-14,21,23,34,36-38H,1,8-9,15-18,32H2,2-4H3,(H2,33,39,41)/b20-13+,27-12+,34-29?,35-14?. The summed E-state index contributed by atoms with van der Waals surface area (Å²) in [5.74, 6) is 0.804. The summed E-state index contributed by atoms with van der Waals surface area (Å²) in [6, 6.07) is 5.79. The summed E-state index contributed by atoms with van der Waals surface area (Å²) in [7, 11) is 5.05. The maximum Gasteiger partial charge on any atom is 0.250 e. The number of amides is 1. The highest BCUT2D eigenvalue weighted by atomic mass is 16.5. The third-order valence-electron chi connectivity index (χ3n) is 7.42. The second-order valence-corrected chi connectivity index (χ2v) is 10.5. The van der Waals surface area contributed by atoms with Crippen molar-refractivity contribution in [1.29, 1.82) is 5.41 Å². The van der Waals surface area contributed by atoms with Crippen molar-refractivity contribution in [3.05, 3.63) is 77.4 Å². The molecule has 8 N–H and O–H groups in total. The van der Waals surface area contributed by atoms with E-state index < -0.39 is 0 Å². The van der Waals surface area contributed by atoms with Crippen LogP contribution in [0.1, 0.15) is 18.4 Å². The predicted molar refractivity (Wildman–Crippen MR) is 171 cm³/mol. The Morgan fingerprint density at radius 3 is 2.67 bits per heavy atom. The first-order chi connectivity index (χ1) is 20.3. The molecule has 0 spiro atoms. The number of para-hydroxylation sites is 1. The summed E-state index contributed by atoms with van der Waals surface area (Å²) in [5, 5.41) is 18.4. The molecule has 1 amide bonds. The maximum atomic E-state index is 12.2. The molecule has 11 nitrogen and oxygen atoms in total. The van der Waals surface area contributed by atoms with Crippen molar-refractivity contribution in [3.8, 4) is 5.75 Å². The summed E-state index contributed by atoms with van der Waals surface area (Å²) >= 11 is 0. The minimum atomic E-state index is -0.233. The number of ether oxygens (including phenoxy) is 1. The highest BCUT2D eigenvalue weighted by Crippen LogP contribution is 2.36. The average molecular weight is 572 g/mol. The van der Waals surface area contributed by atoms with E-state index in [0.29, 0.717) is 35.3 Å². The number of likely N-dealkylation sites (tertiary alicyclic amines) is 1. The molecule has 0 aromatic heterocycles. The van der Waals surface area contributed by atoms with Crippen LogP contribution in [0.5, 0.6) is 5.75 Å². The van der Waals surface area contributed by atoms with Gasteiger partial charge in [-0.25, -0.2) is 0 Å². The van der Waals surface area contributed by atoms with Gasteiger partial charge >= 0.3 is 0 Å². The Bertz CT molecular complexity index is 1410. The number of dihydropyridines is 1. The van der Waals surface area contributed by atoms with Crippen LogP contribution < -0.4 is 32.2 Å². The number of benzene rings is 1. The quantitative estimate of drug-likeness (QED) is 0.155. The number of carbonyl (C=O) groups is 1. The number of hydrogen-bond acceptors (Lipinski definition) is 9. The monoisotopic (exact) mass is 571 g/mol. The molecule has 11 heteroatoms. The Morgan fingerprint density at radius 2 is 2.07 bits per heavy atom. The van der Waals surface area contributed by atoms with Crippen LogP contribution in [0.15, 0.2) is 81.9 Å². The summed E-state index contributed by atoms with van der Waals surface area (Å²) in [6.07, 6.45) is 10.8. The zero-order valence-corrected chi connectivity index (χ0v) is 24.5. The smallest absolute Gasteiger partial charge is 0.250 e. The Kier molecular flexibility index (Phi) is 9.98. The number of anilines is 1. The molecule has 42 heavy (non-hydrogen) atoms. The first-order valence-corrected chi connectivity index (χ1v) is 14.0. The van der Waals surface area contributed by atoms with Crippen LogP contribution in [0.2, 0.25) is 0 Å². The Morgan fingerprint density at radius 1 is 1.31 bits per heavy atom. The minimum Gasteiger partial charge on any atom is -0.494 e. The van der Waals surface area contributed by atoms with E-state index in [-0.39, 0.29) is 23.4 Å². The van der Waals surface area contributed by atoms with Gasteiger partial charge in [0.1, 0.15) is 17.3 Å². The van der Waals surface area contributed by atoms with E-state index in [1.54, 1.807) is 33.6 Å². The number of nitrogens with one attached hydrogen (secondary N) is 4. The van der Waals surface area contributed by atoms with Crippen molar-refractivity contribution in [1.82, 2.24) is 15.5 Å². The Hall–Kier alpha value is -4.64. The molecule has 0 bridgehead atoms. The number of amidine groups is 1. The number of aliphatic imine (C=N–C) groups is 2. The molecule has 0 atom stereocenters. The van der Waals surface area contributed by atoms with Gasteiger partial charge in [-0.1, -0.05) is 24.8 Å². The fourth-order valence-corrected chi connectivity index (χ4v) is 4.87. The molecule has 1 aromatic carbocycles. The summed E-state index contributed by atoms with van der Waals surface area (Å²) in [4.78, 5) is 22.6. The van der Waals surface area contributed by atoms with Gasteiger partial charge < -0.3 is 32.2 Å². The van der Waals surface area contributed by atoms with E-state index in [2.05, 4.69) is 49.6 Å². The lowest BCUT2D eigenvalue weighted by atomic mass is 9.92. The minimum absolute atomic E-state index is 0.0263. The number of hydrogen-bond donors (Lipinski definition) is 6. The van der Waals surface area contributed by atoms with Gasteiger partial charge in [0.25, 0.3) is 5.91 Å². The van der Waals surface area contributed by atoms with E-state index in [1.807, 2.05) is 18.2 Å². The number of allylic oxidation sites excluding steroid dienone is 2. The van der Waals surface area contributed by atoms with E-state index in [4.69, 9.17) is 21.6 Å². The van der Waals surface area contributed by atoms with Crippen molar-refractivity contribution >= 4 is 34.9 Å². The van der Waals surface area contributed by atoms with E-state index in [0.717, 1.165) is 49.2 Å². The number of nitrogens with two attached hydrogens (primary N) is 2. The van der Waals surface area contributed by atoms with Crippen LogP contribution >= 0.6 is 0 Å². The van der Waals surface area contributed by atoms with Crippen molar-refractivity contribution in [3.63, 3.8) is 0 Å². The van der Waals surface area contributed by atoms with Gasteiger partial charge in [-0.2, -0.15) is 4.99 Å². The number of nitrogens with zero attached hydrogens (tertiary/aromatic N) is 3. The second kappa shape index (κ2) is 13.8. The lowest BCUT2D eigenvalue weighted by Gasteiger charge is -2.41. The molecule has 1 saturated carbocycles. The zero-order valence-electron chi connectivity index (χ0n) is 24.5. The highest BCUT2D eigenvalue weighted by Gasteiger charge is 2.31. The highest BCUT2D eigenvalue weighted by molar-refractivity contribution is 6.15. The SMILES string of the molecule is C=C(NC)C(=N)/C(=C\C(N)=NC(=O)C1CC1)Nc1cccc(C2=CC=C(C3CN(C/C(C=NC)=C/N)C3)NC2)c1OC. The molecule has 1 aromatic rings. The van der Waals surface area contributed by atoms with Gasteiger partial charge in [0.2, 0.25) is 0 Å². The summed E-state index contributed by atoms with van der Waals surface area (Å²) < 4.78 is 5.86. The molecular formula is C31H41N9O2. The zero-order chi connectivity index (χ0) is 30.2. The number of methoxy groups -OCH3 is 1. The van der Waals surface area contributed by atoms with Crippen molar-refractivity contribution in [2.75, 3.05) is 52.7 Å². The van der Waals surface area contributed by atoms with Crippen LogP contribution in [0.4, 0.5) is 5.69 Å². The second-order valence-electron chi connectivity index (χ2n) is 10.5. The van der Waals surface area contributed by atoms with E-state index in [1.165, 1.54) is 11.8 Å². The first-order valence-electron chi connectivity index (χ1n) is 14.0. The predicted octanol–water partition coefficient (Wildman–Crippen LogP) is 2.38. The van der Waals surface area contributed by atoms with Crippen LogP contribution in [0.25, 0.3) is 5.57 Å². The third-order valence-corrected chi connectivity index (χ3v) is 7.42. The van der Waals surface area contributed by atoms with Gasteiger partial charge in [0.05, 0.1) is 24.2 Å².